The second-order valence-electron chi connectivity index (χ2n) is 13.3. The second-order valence-corrected chi connectivity index (χ2v) is 13.3. The number of ether oxygens (including phenoxy) is 3. The van der Waals surface area contributed by atoms with E-state index in [0.29, 0.717) is 18.8 Å². The number of benzene rings is 2. The third-order valence-corrected chi connectivity index (χ3v) is 9.08. The standard InChI is InChI=1S/C43H62F2O5/c1-3-41(46)48-34-23-19-15-11-7-5-9-13-17-21-26-37(27-22-18-14-10-6-8-12-16-20-24-35-49-42(47)4-2)50-38-32-30-36(31-33-38)39-28-25-29-40(44)43(39)45/h3-4,25,28-33,37H,1-2,5-24,26-27,34-35H2. The van der Waals surface area contributed by atoms with Crippen LogP contribution in [0.1, 0.15) is 141 Å². The van der Waals surface area contributed by atoms with Crippen LogP contribution in [0.2, 0.25) is 0 Å². The molecule has 0 N–H and O–H groups in total. The van der Waals surface area contributed by atoms with Gasteiger partial charge in [0.15, 0.2) is 11.6 Å². The highest BCUT2D eigenvalue weighted by Crippen LogP contribution is 2.28. The molecule has 2 aromatic rings. The summed E-state index contributed by atoms with van der Waals surface area (Å²) >= 11 is 0. The van der Waals surface area contributed by atoms with E-state index in [2.05, 4.69) is 13.2 Å². The molecule has 0 aromatic heterocycles. The predicted octanol–water partition coefficient (Wildman–Crippen LogP) is 12.4. The van der Waals surface area contributed by atoms with E-state index in [9.17, 15) is 18.4 Å². The summed E-state index contributed by atoms with van der Waals surface area (Å²) in [4.78, 5) is 22.1. The molecule has 0 aliphatic heterocycles. The van der Waals surface area contributed by atoms with Crippen molar-refractivity contribution in [3.05, 3.63) is 79.4 Å². The van der Waals surface area contributed by atoms with Crippen LogP contribution in [0.15, 0.2) is 67.8 Å². The first-order chi connectivity index (χ1) is 24.4. The molecule has 2 aromatic carbocycles. The zero-order valence-electron chi connectivity index (χ0n) is 30.5. The fraction of sp³-hybridized carbons (Fsp3) is 0.581. The number of rotatable bonds is 31. The summed E-state index contributed by atoms with van der Waals surface area (Å²) < 4.78 is 44.6. The van der Waals surface area contributed by atoms with Crippen molar-refractivity contribution in [1.29, 1.82) is 0 Å². The summed E-state index contributed by atoms with van der Waals surface area (Å²) in [6.07, 6.45) is 28.1. The summed E-state index contributed by atoms with van der Waals surface area (Å²) in [5.41, 5.74) is 0.889. The van der Waals surface area contributed by atoms with Gasteiger partial charge in [0.05, 0.1) is 19.3 Å². The van der Waals surface area contributed by atoms with Crippen LogP contribution in [-0.4, -0.2) is 31.3 Å². The Hall–Kier alpha value is -3.48. The fourth-order valence-electron chi connectivity index (χ4n) is 6.13. The SMILES string of the molecule is C=CC(=O)OCCCCCCCCCCCCC(CCCCCCCCCCCCOC(=O)C=C)Oc1ccc(-c2cccc(F)c2F)cc1. The largest absolute Gasteiger partial charge is 0.490 e. The van der Waals surface area contributed by atoms with Gasteiger partial charge in [0.25, 0.3) is 0 Å². The molecular weight excluding hydrogens is 634 g/mol. The molecule has 0 atom stereocenters. The van der Waals surface area contributed by atoms with Gasteiger partial charge in [-0.05, 0) is 62.3 Å². The lowest BCUT2D eigenvalue weighted by Crippen LogP contribution is -2.16. The van der Waals surface area contributed by atoms with Crippen LogP contribution in [-0.2, 0) is 19.1 Å². The van der Waals surface area contributed by atoms with Gasteiger partial charge in [-0.3, -0.25) is 0 Å². The molecule has 50 heavy (non-hydrogen) atoms. The lowest BCUT2D eigenvalue weighted by molar-refractivity contribution is -0.138. The zero-order valence-corrected chi connectivity index (χ0v) is 30.5. The van der Waals surface area contributed by atoms with Crippen molar-refractivity contribution in [2.24, 2.45) is 0 Å². The third-order valence-electron chi connectivity index (χ3n) is 9.08. The summed E-state index contributed by atoms with van der Waals surface area (Å²) in [5, 5.41) is 0. The minimum Gasteiger partial charge on any atom is -0.490 e. The van der Waals surface area contributed by atoms with Gasteiger partial charge in [-0.2, -0.15) is 0 Å². The van der Waals surface area contributed by atoms with Crippen molar-refractivity contribution in [3.63, 3.8) is 0 Å². The number of hydrogen-bond acceptors (Lipinski definition) is 5. The maximum absolute atomic E-state index is 14.3. The summed E-state index contributed by atoms with van der Waals surface area (Å²) in [7, 11) is 0. The second kappa shape index (κ2) is 28.2. The molecule has 0 saturated heterocycles. The average Bonchev–Trinajstić information content (AvgIpc) is 3.13. The molecule has 278 valence electrons. The molecule has 0 amide bonds. The number of carbonyl (C=O) groups excluding carboxylic acids is 2. The van der Waals surface area contributed by atoms with E-state index in [1.807, 2.05) is 12.1 Å². The van der Waals surface area contributed by atoms with Crippen LogP contribution < -0.4 is 4.74 Å². The Kier molecular flexibility index (Phi) is 24.1. The molecule has 5 nitrogen and oxygen atoms in total. The Morgan fingerprint density at radius 2 is 0.960 bits per heavy atom. The van der Waals surface area contributed by atoms with Gasteiger partial charge in [-0.15, -0.1) is 0 Å². The molecule has 2 rings (SSSR count). The van der Waals surface area contributed by atoms with Gasteiger partial charge in [0, 0.05) is 17.7 Å². The molecule has 0 fully saturated rings. The van der Waals surface area contributed by atoms with Crippen LogP contribution in [0.5, 0.6) is 5.75 Å². The van der Waals surface area contributed by atoms with Crippen LogP contribution in [0.25, 0.3) is 11.1 Å². The fourth-order valence-corrected chi connectivity index (χ4v) is 6.13. The highest BCUT2D eigenvalue weighted by Gasteiger charge is 2.13. The first kappa shape index (κ1) is 42.7. The summed E-state index contributed by atoms with van der Waals surface area (Å²) in [6.45, 7) is 7.78. The van der Waals surface area contributed by atoms with Crippen LogP contribution >= 0.6 is 0 Å². The molecule has 7 heteroatoms. The van der Waals surface area contributed by atoms with Gasteiger partial charge in [0.1, 0.15) is 5.75 Å². The summed E-state index contributed by atoms with van der Waals surface area (Å²) in [6, 6.07) is 11.6. The molecule has 0 bridgehead atoms. The number of halogens is 2. The van der Waals surface area contributed by atoms with E-state index < -0.39 is 11.6 Å². The molecule has 0 aliphatic carbocycles. The highest BCUT2D eigenvalue weighted by atomic mass is 19.2. The number of carbonyl (C=O) groups is 2. The Labute approximate surface area is 300 Å². The molecule has 0 saturated carbocycles. The van der Waals surface area contributed by atoms with Crippen LogP contribution in [0.3, 0.4) is 0 Å². The lowest BCUT2D eigenvalue weighted by atomic mass is 10.0. The van der Waals surface area contributed by atoms with Crippen molar-refractivity contribution in [3.8, 4) is 16.9 Å². The Morgan fingerprint density at radius 3 is 1.38 bits per heavy atom. The maximum atomic E-state index is 14.3. The first-order valence-corrected chi connectivity index (χ1v) is 19.2. The lowest BCUT2D eigenvalue weighted by Gasteiger charge is -2.20. The van der Waals surface area contributed by atoms with E-state index in [0.717, 1.165) is 63.2 Å². The number of esters is 2. The van der Waals surface area contributed by atoms with E-state index in [1.54, 1.807) is 18.2 Å². The van der Waals surface area contributed by atoms with Gasteiger partial charge >= 0.3 is 11.9 Å². The van der Waals surface area contributed by atoms with Gasteiger partial charge in [-0.25, -0.2) is 18.4 Å². The van der Waals surface area contributed by atoms with Crippen molar-refractivity contribution < 1.29 is 32.6 Å². The van der Waals surface area contributed by atoms with Gasteiger partial charge in [0.2, 0.25) is 0 Å². The van der Waals surface area contributed by atoms with Crippen molar-refractivity contribution in [2.45, 2.75) is 147 Å². The smallest absolute Gasteiger partial charge is 0.330 e. The topological polar surface area (TPSA) is 61.8 Å². The van der Waals surface area contributed by atoms with Crippen molar-refractivity contribution in [2.75, 3.05) is 13.2 Å². The van der Waals surface area contributed by atoms with Crippen molar-refractivity contribution >= 4 is 11.9 Å². The van der Waals surface area contributed by atoms with E-state index >= 15 is 0 Å². The Bertz CT molecular complexity index is 1170. The maximum Gasteiger partial charge on any atom is 0.330 e. The predicted molar refractivity (Wildman–Crippen MR) is 200 cm³/mol. The minimum atomic E-state index is -0.843. The number of hydrogen-bond donors (Lipinski definition) is 0. The van der Waals surface area contributed by atoms with Gasteiger partial charge in [-0.1, -0.05) is 140 Å². The summed E-state index contributed by atoms with van der Waals surface area (Å²) in [5.74, 6) is -1.58. The van der Waals surface area contributed by atoms with Gasteiger partial charge < -0.3 is 14.2 Å². The van der Waals surface area contributed by atoms with Crippen LogP contribution in [0, 0.1) is 11.6 Å². The molecule has 0 unspecified atom stereocenters. The monoisotopic (exact) mass is 696 g/mol. The molecule has 0 radical (unpaired) electrons. The Balaban J connectivity index is 1.66. The molecular formula is C43H62F2O5. The zero-order chi connectivity index (χ0) is 36.1. The molecule has 0 spiro atoms. The molecule has 0 heterocycles. The first-order valence-electron chi connectivity index (χ1n) is 19.2. The minimum absolute atomic E-state index is 0.142. The van der Waals surface area contributed by atoms with E-state index in [-0.39, 0.29) is 23.6 Å². The molecule has 0 aliphatic rings. The van der Waals surface area contributed by atoms with E-state index in [1.165, 1.54) is 108 Å². The quantitative estimate of drug-likeness (QED) is 0.0446. The number of unbranched alkanes of at least 4 members (excludes halogenated alkanes) is 18. The normalized spacial score (nSPS) is 11.0. The van der Waals surface area contributed by atoms with Crippen molar-refractivity contribution in [1.82, 2.24) is 0 Å². The van der Waals surface area contributed by atoms with Crippen LogP contribution in [0.4, 0.5) is 8.78 Å². The van der Waals surface area contributed by atoms with E-state index in [4.69, 9.17) is 14.2 Å². The average molecular weight is 697 g/mol. The highest BCUT2D eigenvalue weighted by molar-refractivity contribution is 5.81. The third kappa shape index (κ3) is 20.3. The Morgan fingerprint density at radius 1 is 0.560 bits per heavy atom.